The van der Waals surface area contributed by atoms with E-state index in [1.54, 1.807) is 18.2 Å². The molecule has 0 amide bonds. The molecule has 4 rings (SSSR count). The molecule has 0 aliphatic heterocycles. The molecule has 4 nitrogen and oxygen atoms in total. The zero-order chi connectivity index (χ0) is 15.8. The SMILES string of the molecule is O=[N+]([O-])c1ccccc1CNc1ccc2c3c(cccc13)CC2. The second-order valence-corrected chi connectivity index (χ2v) is 5.85. The highest BCUT2D eigenvalue weighted by molar-refractivity contribution is 5.99. The van der Waals surface area contributed by atoms with E-state index in [-0.39, 0.29) is 10.6 Å². The van der Waals surface area contributed by atoms with E-state index in [0.29, 0.717) is 12.1 Å². The number of hydrogen-bond acceptors (Lipinski definition) is 3. The number of nitrogens with zero attached hydrogens (tertiary/aromatic N) is 1. The maximum absolute atomic E-state index is 11.1. The summed E-state index contributed by atoms with van der Waals surface area (Å²) in [6, 6.07) is 17.5. The predicted molar refractivity (Wildman–Crippen MR) is 91.8 cm³/mol. The van der Waals surface area contributed by atoms with Crippen LogP contribution in [0.25, 0.3) is 10.8 Å². The third-order valence-corrected chi connectivity index (χ3v) is 4.53. The van der Waals surface area contributed by atoms with Gasteiger partial charge in [-0.15, -0.1) is 0 Å². The fourth-order valence-corrected chi connectivity index (χ4v) is 3.43. The average molecular weight is 304 g/mol. The van der Waals surface area contributed by atoms with Crippen molar-refractivity contribution in [1.82, 2.24) is 0 Å². The molecule has 0 aromatic heterocycles. The molecule has 0 saturated heterocycles. The Bertz CT molecular complexity index is 908. The molecule has 0 fully saturated rings. The Morgan fingerprint density at radius 1 is 0.957 bits per heavy atom. The van der Waals surface area contributed by atoms with Gasteiger partial charge in [-0.3, -0.25) is 10.1 Å². The van der Waals surface area contributed by atoms with Crippen molar-refractivity contribution in [2.75, 3.05) is 5.32 Å². The van der Waals surface area contributed by atoms with Crippen LogP contribution in [0, 0.1) is 10.1 Å². The molecule has 23 heavy (non-hydrogen) atoms. The topological polar surface area (TPSA) is 55.2 Å². The Morgan fingerprint density at radius 2 is 1.74 bits per heavy atom. The second kappa shape index (κ2) is 5.39. The van der Waals surface area contributed by atoms with Crippen LogP contribution in [-0.4, -0.2) is 4.92 Å². The van der Waals surface area contributed by atoms with Crippen LogP contribution in [0.4, 0.5) is 11.4 Å². The van der Waals surface area contributed by atoms with Gasteiger partial charge in [0.05, 0.1) is 4.92 Å². The molecular weight excluding hydrogens is 288 g/mol. The number of anilines is 1. The number of aryl methyl sites for hydroxylation is 2. The fraction of sp³-hybridized carbons (Fsp3) is 0.158. The zero-order valence-electron chi connectivity index (χ0n) is 12.6. The average Bonchev–Trinajstić information content (AvgIpc) is 2.99. The van der Waals surface area contributed by atoms with Crippen molar-refractivity contribution in [1.29, 1.82) is 0 Å². The van der Waals surface area contributed by atoms with Crippen molar-refractivity contribution >= 4 is 22.1 Å². The van der Waals surface area contributed by atoms with Crippen LogP contribution < -0.4 is 5.32 Å². The minimum atomic E-state index is -0.329. The number of nitro benzene ring substituents is 1. The van der Waals surface area contributed by atoms with E-state index in [1.165, 1.54) is 21.9 Å². The lowest BCUT2D eigenvalue weighted by molar-refractivity contribution is -0.385. The molecule has 0 saturated carbocycles. The maximum Gasteiger partial charge on any atom is 0.274 e. The Hall–Kier alpha value is -2.88. The molecule has 3 aromatic rings. The Morgan fingerprint density at radius 3 is 2.57 bits per heavy atom. The van der Waals surface area contributed by atoms with E-state index in [2.05, 4.69) is 35.6 Å². The van der Waals surface area contributed by atoms with Gasteiger partial charge < -0.3 is 5.32 Å². The number of hydrogen-bond donors (Lipinski definition) is 1. The molecule has 1 aliphatic rings. The summed E-state index contributed by atoms with van der Waals surface area (Å²) in [4.78, 5) is 10.8. The minimum Gasteiger partial charge on any atom is -0.380 e. The lowest BCUT2D eigenvalue weighted by atomic mass is 10.0. The van der Waals surface area contributed by atoms with Crippen LogP contribution >= 0.6 is 0 Å². The third kappa shape index (κ3) is 2.32. The summed E-state index contributed by atoms with van der Waals surface area (Å²) in [6.45, 7) is 0.440. The molecular formula is C19H16N2O2. The summed E-state index contributed by atoms with van der Waals surface area (Å²) in [5, 5.41) is 17.0. The Kier molecular flexibility index (Phi) is 3.23. The van der Waals surface area contributed by atoms with E-state index >= 15 is 0 Å². The molecule has 0 atom stereocenters. The summed E-state index contributed by atoms with van der Waals surface area (Å²) >= 11 is 0. The summed E-state index contributed by atoms with van der Waals surface area (Å²) in [6.07, 6.45) is 2.20. The van der Waals surface area contributed by atoms with Crippen molar-refractivity contribution in [3.05, 3.63) is 81.4 Å². The van der Waals surface area contributed by atoms with E-state index in [0.717, 1.165) is 18.5 Å². The van der Waals surface area contributed by atoms with Gasteiger partial charge in [-0.05, 0) is 35.4 Å². The number of nitro groups is 1. The summed E-state index contributed by atoms with van der Waals surface area (Å²) in [5.74, 6) is 0. The molecule has 0 spiro atoms. The molecule has 0 bridgehead atoms. The van der Waals surface area contributed by atoms with Gasteiger partial charge in [0.2, 0.25) is 0 Å². The van der Waals surface area contributed by atoms with Crippen molar-refractivity contribution in [3.63, 3.8) is 0 Å². The van der Waals surface area contributed by atoms with Gasteiger partial charge in [-0.25, -0.2) is 0 Å². The van der Waals surface area contributed by atoms with Crippen LogP contribution in [-0.2, 0) is 19.4 Å². The maximum atomic E-state index is 11.1. The minimum absolute atomic E-state index is 0.158. The van der Waals surface area contributed by atoms with Crippen molar-refractivity contribution in [2.24, 2.45) is 0 Å². The first-order valence-electron chi connectivity index (χ1n) is 7.74. The molecule has 0 heterocycles. The van der Waals surface area contributed by atoms with Gasteiger partial charge in [-0.1, -0.05) is 42.5 Å². The van der Waals surface area contributed by atoms with Gasteiger partial charge >= 0.3 is 0 Å². The van der Waals surface area contributed by atoms with Crippen LogP contribution in [0.5, 0.6) is 0 Å². The first-order valence-corrected chi connectivity index (χ1v) is 7.74. The second-order valence-electron chi connectivity index (χ2n) is 5.85. The Balaban J connectivity index is 1.69. The highest BCUT2D eigenvalue weighted by Crippen LogP contribution is 2.35. The zero-order valence-corrected chi connectivity index (χ0v) is 12.6. The Labute approximate surface area is 133 Å². The highest BCUT2D eigenvalue weighted by atomic mass is 16.6. The van der Waals surface area contributed by atoms with Crippen LogP contribution in [0.15, 0.2) is 54.6 Å². The largest absolute Gasteiger partial charge is 0.380 e. The van der Waals surface area contributed by atoms with E-state index in [9.17, 15) is 10.1 Å². The van der Waals surface area contributed by atoms with Crippen LogP contribution in [0.2, 0.25) is 0 Å². The van der Waals surface area contributed by atoms with Crippen LogP contribution in [0.1, 0.15) is 16.7 Å². The molecule has 3 aromatic carbocycles. The summed E-state index contributed by atoms with van der Waals surface area (Å²) in [5.41, 5.74) is 4.68. The number of rotatable bonds is 4. The van der Waals surface area contributed by atoms with E-state index in [4.69, 9.17) is 0 Å². The molecule has 0 unspecified atom stereocenters. The molecule has 0 radical (unpaired) electrons. The standard InChI is InChI=1S/C19H16N2O2/c22-21(23)18-7-2-1-4-15(18)12-20-17-11-10-14-9-8-13-5-3-6-16(17)19(13)14/h1-7,10-11,20H,8-9,12H2. The number of benzene rings is 3. The van der Waals surface area contributed by atoms with Gasteiger partial charge in [0.25, 0.3) is 5.69 Å². The number of para-hydroxylation sites is 1. The van der Waals surface area contributed by atoms with Gasteiger partial charge in [0.15, 0.2) is 0 Å². The van der Waals surface area contributed by atoms with Crippen LogP contribution in [0.3, 0.4) is 0 Å². The fourth-order valence-electron chi connectivity index (χ4n) is 3.43. The lowest BCUT2D eigenvalue weighted by Crippen LogP contribution is -2.03. The summed E-state index contributed by atoms with van der Waals surface area (Å²) in [7, 11) is 0. The van der Waals surface area contributed by atoms with Gasteiger partial charge in [0.1, 0.15) is 0 Å². The lowest BCUT2D eigenvalue weighted by Gasteiger charge is -2.12. The first-order chi connectivity index (χ1) is 11.2. The third-order valence-electron chi connectivity index (χ3n) is 4.53. The smallest absolute Gasteiger partial charge is 0.274 e. The normalized spacial score (nSPS) is 12.5. The van der Waals surface area contributed by atoms with Gasteiger partial charge in [0, 0.05) is 29.2 Å². The van der Waals surface area contributed by atoms with Gasteiger partial charge in [-0.2, -0.15) is 0 Å². The van der Waals surface area contributed by atoms with Crippen molar-refractivity contribution < 1.29 is 4.92 Å². The molecule has 114 valence electrons. The monoisotopic (exact) mass is 304 g/mol. The van der Waals surface area contributed by atoms with E-state index < -0.39 is 0 Å². The molecule has 1 aliphatic carbocycles. The quantitative estimate of drug-likeness (QED) is 0.572. The predicted octanol–water partition coefficient (Wildman–Crippen LogP) is 4.46. The highest BCUT2D eigenvalue weighted by Gasteiger charge is 2.16. The van der Waals surface area contributed by atoms with E-state index in [1.807, 2.05) is 6.07 Å². The first kappa shape index (κ1) is 13.8. The van der Waals surface area contributed by atoms with Crippen molar-refractivity contribution in [2.45, 2.75) is 19.4 Å². The molecule has 1 N–H and O–H groups in total. The number of nitrogens with one attached hydrogen (secondary N) is 1. The molecule has 4 heteroatoms. The van der Waals surface area contributed by atoms with Crippen molar-refractivity contribution in [3.8, 4) is 0 Å². The summed E-state index contributed by atoms with van der Waals surface area (Å²) < 4.78 is 0.